The Morgan fingerprint density at radius 3 is 2.69 bits per heavy atom. The quantitative estimate of drug-likeness (QED) is 0.526. The minimum atomic E-state index is -0.508. The van der Waals surface area contributed by atoms with Crippen LogP contribution in [-0.2, 0) is 24.4 Å². The first-order valence-electron chi connectivity index (χ1n) is 9.89. The fraction of sp³-hybridized carbons (Fsp3) is 0.667. The van der Waals surface area contributed by atoms with Crippen LogP contribution in [-0.4, -0.2) is 63.0 Å². The Hall–Kier alpha value is -1.43. The largest absolute Gasteiger partial charge is 0.465 e. The van der Waals surface area contributed by atoms with Crippen LogP contribution in [0.4, 0.5) is 0 Å². The van der Waals surface area contributed by atoms with Crippen LogP contribution in [0.2, 0.25) is 0 Å². The molecule has 2 heterocycles. The average molecular weight is 361 g/mol. The van der Waals surface area contributed by atoms with E-state index in [1.807, 2.05) is 25.1 Å². The Balaban J connectivity index is 1.50. The lowest BCUT2D eigenvalue weighted by Gasteiger charge is -2.40. The topological polar surface area (TPSA) is 48.0 Å². The minimum absolute atomic E-state index is 0.0829. The van der Waals surface area contributed by atoms with Crippen LogP contribution in [0.15, 0.2) is 30.3 Å². The molecule has 1 aromatic carbocycles. The normalized spacial score (nSPS) is 23.0. The molecule has 1 aromatic rings. The number of rotatable bonds is 8. The van der Waals surface area contributed by atoms with Gasteiger partial charge in [0, 0.05) is 13.2 Å². The van der Waals surface area contributed by atoms with E-state index in [1.165, 1.54) is 0 Å². The molecule has 0 radical (unpaired) electrons. The Morgan fingerprint density at radius 2 is 2.04 bits per heavy atom. The number of carbonyl (C=O) groups is 1. The Labute approximate surface area is 156 Å². The van der Waals surface area contributed by atoms with Crippen molar-refractivity contribution in [1.82, 2.24) is 4.90 Å². The van der Waals surface area contributed by atoms with Crippen LogP contribution >= 0.6 is 0 Å². The highest BCUT2D eigenvalue weighted by Gasteiger charge is 2.44. The van der Waals surface area contributed by atoms with Gasteiger partial charge in [0.1, 0.15) is 0 Å². The molecule has 0 saturated carbocycles. The maximum Gasteiger partial charge on any atom is 0.316 e. The molecule has 5 heteroatoms. The predicted octanol–water partition coefficient (Wildman–Crippen LogP) is 2.78. The highest BCUT2D eigenvalue weighted by molar-refractivity contribution is 5.83. The van der Waals surface area contributed by atoms with Crippen molar-refractivity contribution in [3.63, 3.8) is 0 Å². The fourth-order valence-electron chi connectivity index (χ4n) is 3.98. The summed E-state index contributed by atoms with van der Waals surface area (Å²) in [6, 6.07) is 10.1. The van der Waals surface area contributed by atoms with Crippen LogP contribution < -0.4 is 0 Å². The summed E-state index contributed by atoms with van der Waals surface area (Å²) in [5.74, 6) is -0.0829. The van der Waals surface area contributed by atoms with Crippen molar-refractivity contribution in [2.24, 2.45) is 0 Å². The second-order valence-corrected chi connectivity index (χ2v) is 7.22. The van der Waals surface area contributed by atoms with Crippen LogP contribution in [0.1, 0.15) is 38.2 Å². The molecule has 3 rings (SSSR count). The third kappa shape index (κ3) is 4.64. The van der Waals surface area contributed by atoms with Gasteiger partial charge in [-0.1, -0.05) is 30.3 Å². The zero-order chi connectivity index (χ0) is 18.2. The summed E-state index contributed by atoms with van der Waals surface area (Å²) in [6.07, 6.45) is 4.13. The summed E-state index contributed by atoms with van der Waals surface area (Å²) < 4.78 is 16.8. The van der Waals surface area contributed by atoms with E-state index in [2.05, 4.69) is 17.0 Å². The van der Waals surface area contributed by atoms with E-state index in [4.69, 9.17) is 14.2 Å². The van der Waals surface area contributed by atoms with E-state index in [0.29, 0.717) is 13.2 Å². The van der Waals surface area contributed by atoms with Crippen molar-refractivity contribution in [3.05, 3.63) is 35.9 Å². The zero-order valence-electron chi connectivity index (χ0n) is 15.8. The summed E-state index contributed by atoms with van der Waals surface area (Å²) >= 11 is 0. The van der Waals surface area contributed by atoms with Crippen molar-refractivity contribution < 1.29 is 19.0 Å². The molecular weight excluding hydrogens is 330 g/mol. The van der Waals surface area contributed by atoms with E-state index in [9.17, 15) is 4.79 Å². The molecule has 2 aliphatic rings. The van der Waals surface area contributed by atoms with Gasteiger partial charge < -0.3 is 19.1 Å². The lowest BCUT2D eigenvalue weighted by molar-refractivity contribution is -0.152. The average Bonchev–Trinajstić information content (AvgIpc) is 3.20. The number of hydrogen-bond acceptors (Lipinski definition) is 5. The molecule has 0 N–H and O–H groups in total. The monoisotopic (exact) mass is 361 g/mol. The predicted molar refractivity (Wildman–Crippen MR) is 100 cm³/mol. The van der Waals surface area contributed by atoms with Crippen LogP contribution in [0.5, 0.6) is 0 Å². The second kappa shape index (κ2) is 9.49. The molecule has 0 aromatic heterocycles. The maximum atomic E-state index is 12.8. The van der Waals surface area contributed by atoms with Gasteiger partial charge in [-0.2, -0.15) is 0 Å². The standard InChI is InChI=1S/C21H31NO4/c1-2-25-20(23)21(18-7-4-3-5-8-18)10-12-22(13-11-21)14-16-24-17-19-9-6-15-26-19/h3-5,7-8,19H,2,6,9-17H2,1H3/t19-/m0/s1. The van der Waals surface area contributed by atoms with Gasteiger partial charge in [-0.05, 0) is 51.3 Å². The first-order chi connectivity index (χ1) is 12.7. The van der Waals surface area contributed by atoms with Crippen molar-refractivity contribution in [2.75, 3.05) is 46.1 Å². The van der Waals surface area contributed by atoms with Gasteiger partial charge in [0.2, 0.25) is 0 Å². The molecule has 2 saturated heterocycles. The van der Waals surface area contributed by atoms with Crippen molar-refractivity contribution in [2.45, 2.75) is 44.1 Å². The highest BCUT2D eigenvalue weighted by atomic mass is 16.5. The molecule has 0 amide bonds. The summed E-state index contributed by atoms with van der Waals surface area (Å²) in [7, 11) is 0. The van der Waals surface area contributed by atoms with Crippen molar-refractivity contribution >= 4 is 5.97 Å². The van der Waals surface area contributed by atoms with Gasteiger partial charge in [-0.15, -0.1) is 0 Å². The number of nitrogens with zero attached hydrogens (tertiary/aromatic N) is 1. The number of benzene rings is 1. The molecule has 5 nitrogen and oxygen atoms in total. The van der Waals surface area contributed by atoms with Crippen molar-refractivity contribution in [1.29, 1.82) is 0 Å². The molecule has 144 valence electrons. The Morgan fingerprint density at radius 1 is 1.27 bits per heavy atom. The summed E-state index contributed by atoms with van der Waals surface area (Å²) in [5.41, 5.74) is 0.569. The fourth-order valence-corrected chi connectivity index (χ4v) is 3.98. The minimum Gasteiger partial charge on any atom is -0.465 e. The van der Waals surface area contributed by atoms with Gasteiger partial charge in [0.05, 0.1) is 31.3 Å². The summed E-state index contributed by atoms with van der Waals surface area (Å²) in [5, 5.41) is 0. The molecule has 0 bridgehead atoms. The molecule has 0 spiro atoms. The molecule has 1 atom stereocenters. The molecule has 0 unspecified atom stereocenters. The highest BCUT2D eigenvalue weighted by Crippen LogP contribution is 2.36. The third-order valence-electron chi connectivity index (χ3n) is 5.58. The number of likely N-dealkylation sites (tertiary alicyclic amines) is 1. The number of carbonyl (C=O) groups excluding carboxylic acids is 1. The Bertz CT molecular complexity index is 548. The molecule has 2 aliphatic heterocycles. The SMILES string of the molecule is CCOC(=O)C1(c2ccccc2)CCN(CCOC[C@@H]2CCCO2)CC1. The van der Waals surface area contributed by atoms with Gasteiger partial charge in [0.15, 0.2) is 0 Å². The second-order valence-electron chi connectivity index (χ2n) is 7.22. The van der Waals surface area contributed by atoms with Gasteiger partial charge in [0.25, 0.3) is 0 Å². The smallest absolute Gasteiger partial charge is 0.316 e. The number of ether oxygens (including phenoxy) is 3. The van der Waals surface area contributed by atoms with E-state index in [0.717, 1.165) is 64.1 Å². The molecular formula is C21H31NO4. The van der Waals surface area contributed by atoms with Crippen LogP contribution in [0.3, 0.4) is 0 Å². The lowest BCUT2D eigenvalue weighted by Crippen LogP contribution is -2.48. The zero-order valence-corrected chi connectivity index (χ0v) is 15.8. The first-order valence-corrected chi connectivity index (χ1v) is 9.89. The van der Waals surface area contributed by atoms with Crippen LogP contribution in [0, 0.1) is 0 Å². The summed E-state index contributed by atoms with van der Waals surface area (Å²) in [6.45, 7) is 7.26. The maximum absolute atomic E-state index is 12.8. The summed E-state index contributed by atoms with van der Waals surface area (Å²) in [4.78, 5) is 15.1. The van der Waals surface area contributed by atoms with Gasteiger partial charge in [-0.25, -0.2) is 0 Å². The molecule has 0 aliphatic carbocycles. The van der Waals surface area contributed by atoms with Gasteiger partial charge in [-0.3, -0.25) is 4.79 Å². The van der Waals surface area contributed by atoms with E-state index < -0.39 is 5.41 Å². The number of hydrogen-bond donors (Lipinski definition) is 0. The van der Waals surface area contributed by atoms with E-state index in [1.54, 1.807) is 0 Å². The van der Waals surface area contributed by atoms with E-state index >= 15 is 0 Å². The third-order valence-corrected chi connectivity index (χ3v) is 5.58. The number of esters is 1. The molecule has 2 fully saturated rings. The van der Waals surface area contributed by atoms with Gasteiger partial charge >= 0.3 is 5.97 Å². The van der Waals surface area contributed by atoms with Crippen molar-refractivity contribution in [3.8, 4) is 0 Å². The lowest BCUT2D eigenvalue weighted by atomic mass is 9.72. The van der Waals surface area contributed by atoms with E-state index in [-0.39, 0.29) is 12.1 Å². The van der Waals surface area contributed by atoms with Crippen LogP contribution in [0.25, 0.3) is 0 Å². The number of piperidine rings is 1. The first kappa shape index (κ1) is 19.3. The Kier molecular flexibility index (Phi) is 7.06. The molecule has 26 heavy (non-hydrogen) atoms.